The number of thiazole rings is 1. The van der Waals surface area contributed by atoms with E-state index >= 15 is 0 Å². The van der Waals surface area contributed by atoms with E-state index in [1.165, 1.54) is 17.4 Å². The largest absolute Gasteiger partial charge is 0.456 e. The van der Waals surface area contributed by atoms with E-state index in [4.69, 9.17) is 4.42 Å². The Morgan fingerprint density at radius 3 is 2.67 bits per heavy atom. The molecule has 0 radical (unpaired) electrons. The van der Waals surface area contributed by atoms with Crippen LogP contribution >= 0.6 is 33.9 Å². The smallest absolute Gasteiger partial charge is 0.280 e. The Balaban J connectivity index is 1.64. The van der Waals surface area contributed by atoms with Crippen LogP contribution in [0.3, 0.4) is 0 Å². The summed E-state index contributed by atoms with van der Waals surface area (Å²) in [4.78, 5) is 15.4. The van der Waals surface area contributed by atoms with Crippen molar-refractivity contribution in [1.29, 1.82) is 5.26 Å². The summed E-state index contributed by atoms with van der Waals surface area (Å²) < 4.78 is 6.90. The summed E-state index contributed by atoms with van der Waals surface area (Å²) >= 11 is 3.62. The van der Waals surface area contributed by atoms with Crippen molar-refractivity contribution in [2.75, 3.05) is 0 Å². The number of halogens is 1. The van der Waals surface area contributed by atoms with E-state index in [1.54, 1.807) is 36.4 Å². The number of rotatable bonds is 5. The van der Waals surface area contributed by atoms with Crippen molar-refractivity contribution in [2.45, 2.75) is 0 Å². The zero-order valence-electron chi connectivity index (χ0n) is 15.3. The molecule has 2 aromatic heterocycles. The zero-order valence-corrected chi connectivity index (χ0v) is 18.3. The molecule has 4 aromatic rings. The van der Waals surface area contributed by atoms with Crippen molar-refractivity contribution in [3.05, 3.63) is 90.5 Å². The SMILES string of the molecule is N#CC(=Cc1ccc(-c2ccccc2[N+](=O)[O-])o1)c1nc(-c2ccc(I)cc2)cs1. The number of nitrogens with zero attached hydrogens (tertiary/aromatic N) is 3. The highest BCUT2D eigenvalue weighted by Crippen LogP contribution is 2.32. The van der Waals surface area contributed by atoms with E-state index < -0.39 is 4.92 Å². The second-order valence-corrected chi connectivity index (χ2v) is 8.29. The van der Waals surface area contributed by atoms with Crippen LogP contribution in [0.25, 0.3) is 34.2 Å². The quantitative estimate of drug-likeness (QED) is 0.126. The van der Waals surface area contributed by atoms with Crippen LogP contribution < -0.4 is 0 Å². The number of furan rings is 1. The van der Waals surface area contributed by atoms with Gasteiger partial charge in [-0.25, -0.2) is 4.98 Å². The van der Waals surface area contributed by atoms with Crippen LogP contribution in [0.15, 0.2) is 70.5 Å². The molecule has 0 aliphatic rings. The molecule has 4 rings (SSSR count). The Kier molecular flexibility index (Phi) is 5.74. The first kappa shape index (κ1) is 20.0. The van der Waals surface area contributed by atoms with Crippen LogP contribution in [0.5, 0.6) is 0 Å². The number of nitro groups is 1. The van der Waals surface area contributed by atoms with Crippen molar-refractivity contribution >= 4 is 51.3 Å². The maximum Gasteiger partial charge on any atom is 0.280 e. The summed E-state index contributed by atoms with van der Waals surface area (Å²) in [5.41, 5.74) is 2.49. The van der Waals surface area contributed by atoms with Gasteiger partial charge in [0.05, 0.1) is 21.8 Å². The highest BCUT2D eigenvalue weighted by Gasteiger charge is 2.17. The summed E-state index contributed by atoms with van der Waals surface area (Å²) in [6.07, 6.45) is 1.59. The van der Waals surface area contributed by atoms with Crippen LogP contribution in [0.2, 0.25) is 0 Å². The lowest BCUT2D eigenvalue weighted by Gasteiger charge is -1.99. The van der Waals surface area contributed by atoms with Crippen molar-refractivity contribution in [2.24, 2.45) is 0 Å². The molecule has 0 saturated carbocycles. The van der Waals surface area contributed by atoms with E-state index in [1.807, 2.05) is 29.6 Å². The number of hydrogen-bond acceptors (Lipinski definition) is 6. The second kappa shape index (κ2) is 8.61. The van der Waals surface area contributed by atoms with Crippen LogP contribution in [0.4, 0.5) is 5.69 Å². The Morgan fingerprint density at radius 2 is 1.93 bits per heavy atom. The summed E-state index contributed by atoms with van der Waals surface area (Å²) in [6.45, 7) is 0. The third-order valence-electron chi connectivity index (χ3n) is 4.27. The van der Waals surface area contributed by atoms with E-state index in [0.29, 0.717) is 27.7 Å². The van der Waals surface area contributed by atoms with Crippen molar-refractivity contribution in [3.8, 4) is 28.7 Å². The Labute approximate surface area is 189 Å². The van der Waals surface area contributed by atoms with Gasteiger partial charge in [-0.2, -0.15) is 5.26 Å². The highest BCUT2D eigenvalue weighted by atomic mass is 127. The molecular weight excluding hydrogens is 513 g/mol. The molecule has 0 unspecified atom stereocenters. The van der Waals surface area contributed by atoms with Gasteiger partial charge in [0.15, 0.2) is 0 Å². The summed E-state index contributed by atoms with van der Waals surface area (Å²) in [5.74, 6) is 0.787. The molecule has 6 nitrogen and oxygen atoms in total. The van der Waals surface area contributed by atoms with Crippen LogP contribution in [-0.2, 0) is 0 Å². The van der Waals surface area contributed by atoms with Gasteiger partial charge in [-0.15, -0.1) is 11.3 Å². The third kappa shape index (κ3) is 4.17. The van der Waals surface area contributed by atoms with Gasteiger partial charge in [-0.3, -0.25) is 10.1 Å². The molecule has 8 heteroatoms. The van der Waals surface area contributed by atoms with Crippen LogP contribution in [0, 0.1) is 25.0 Å². The number of hydrogen-bond donors (Lipinski definition) is 0. The summed E-state index contributed by atoms with van der Waals surface area (Å²) in [5, 5.41) is 23.3. The number of nitro benzene ring substituents is 1. The fraction of sp³-hybridized carbons (Fsp3) is 0. The fourth-order valence-electron chi connectivity index (χ4n) is 2.85. The minimum Gasteiger partial charge on any atom is -0.456 e. The predicted molar refractivity (Wildman–Crippen MR) is 125 cm³/mol. The number of benzene rings is 2. The van der Waals surface area contributed by atoms with Gasteiger partial charge >= 0.3 is 0 Å². The van der Waals surface area contributed by atoms with Gasteiger partial charge in [-0.05, 0) is 52.9 Å². The summed E-state index contributed by atoms with van der Waals surface area (Å²) in [6, 6.07) is 19.8. The minimum absolute atomic E-state index is 0.0371. The highest BCUT2D eigenvalue weighted by molar-refractivity contribution is 14.1. The predicted octanol–water partition coefficient (Wildman–Crippen LogP) is 6.65. The molecule has 2 heterocycles. The van der Waals surface area contributed by atoms with Crippen LogP contribution in [-0.4, -0.2) is 9.91 Å². The lowest BCUT2D eigenvalue weighted by Crippen LogP contribution is -1.90. The first-order chi connectivity index (χ1) is 14.5. The van der Waals surface area contributed by atoms with Gasteiger partial charge in [0, 0.05) is 26.7 Å². The number of para-hydroxylation sites is 1. The Hall–Kier alpha value is -3.29. The second-order valence-electron chi connectivity index (χ2n) is 6.19. The van der Waals surface area contributed by atoms with Crippen LogP contribution in [0.1, 0.15) is 10.8 Å². The first-order valence-corrected chi connectivity index (χ1v) is 10.7. The number of nitriles is 1. The zero-order chi connectivity index (χ0) is 21.1. The third-order valence-corrected chi connectivity index (χ3v) is 5.87. The number of aromatic nitrogens is 1. The van der Waals surface area contributed by atoms with Crippen molar-refractivity contribution in [1.82, 2.24) is 4.98 Å². The molecule has 0 aliphatic carbocycles. The molecule has 0 bridgehead atoms. The van der Waals surface area contributed by atoms with Gasteiger partial charge in [-0.1, -0.05) is 24.3 Å². The van der Waals surface area contributed by atoms with Crippen molar-refractivity contribution < 1.29 is 9.34 Å². The first-order valence-electron chi connectivity index (χ1n) is 8.72. The van der Waals surface area contributed by atoms with Gasteiger partial charge in [0.1, 0.15) is 22.6 Å². The minimum atomic E-state index is -0.449. The molecule has 0 atom stereocenters. The number of allylic oxidation sites excluding steroid dienone is 1. The van der Waals surface area contributed by atoms with Gasteiger partial charge in [0.2, 0.25) is 0 Å². The van der Waals surface area contributed by atoms with E-state index in [2.05, 4.69) is 33.6 Å². The molecule has 146 valence electrons. The topological polar surface area (TPSA) is 93.0 Å². The summed E-state index contributed by atoms with van der Waals surface area (Å²) in [7, 11) is 0. The molecule has 0 fully saturated rings. The van der Waals surface area contributed by atoms with Crippen molar-refractivity contribution in [3.63, 3.8) is 0 Å². The Bertz CT molecular complexity index is 1300. The van der Waals surface area contributed by atoms with Gasteiger partial charge < -0.3 is 4.42 Å². The average molecular weight is 525 g/mol. The maximum atomic E-state index is 11.3. The van der Waals surface area contributed by atoms with Gasteiger partial charge in [0.25, 0.3) is 5.69 Å². The fourth-order valence-corrected chi connectivity index (χ4v) is 4.01. The lowest BCUT2D eigenvalue weighted by molar-refractivity contribution is -0.384. The Morgan fingerprint density at radius 1 is 1.17 bits per heavy atom. The van der Waals surface area contributed by atoms with E-state index in [-0.39, 0.29) is 5.69 Å². The molecule has 0 N–H and O–H groups in total. The average Bonchev–Trinajstić information content (AvgIpc) is 3.42. The monoisotopic (exact) mass is 525 g/mol. The molecule has 30 heavy (non-hydrogen) atoms. The normalized spacial score (nSPS) is 11.3. The van der Waals surface area contributed by atoms with E-state index in [0.717, 1.165) is 14.8 Å². The molecule has 0 aliphatic heterocycles. The van der Waals surface area contributed by atoms with E-state index in [9.17, 15) is 15.4 Å². The standard InChI is InChI=1S/C22H12IN3O3S/c23-16-7-5-14(6-8-16)19-13-30-22(25-19)15(12-24)11-17-9-10-21(29-17)18-3-1-2-4-20(18)26(27)28/h1-11,13H. The maximum absolute atomic E-state index is 11.3. The molecular formula is C22H12IN3O3S. The molecule has 0 spiro atoms. The molecule has 0 amide bonds. The molecule has 2 aromatic carbocycles. The lowest BCUT2D eigenvalue weighted by atomic mass is 10.1. The molecule has 0 saturated heterocycles.